The van der Waals surface area contributed by atoms with Gasteiger partial charge >= 0.3 is 0 Å². The molecule has 5 heteroatoms. The third-order valence-corrected chi connectivity index (χ3v) is 5.17. The number of hydrogen-bond donors (Lipinski definition) is 1. The molecule has 126 valence electrons. The first-order valence-corrected chi connectivity index (χ1v) is 8.92. The molecule has 2 aliphatic rings. The average molecular weight is 345 g/mol. The minimum atomic E-state index is -0.0586. The molecule has 1 aliphatic carbocycles. The van der Waals surface area contributed by atoms with Crippen molar-refractivity contribution in [3.8, 4) is 5.75 Å². The molecule has 1 heterocycles. The van der Waals surface area contributed by atoms with Gasteiger partial charge in [-0.15, -0.1) is 0 Å². The number of amides is 1. The molecule has 24 heavy (non-hydrogen) atoms. The van der Waals surface area contributed by atoms with Gasteiger partial charge in [-0.2, -0.15) is 0 Å². The van der Waals surface area contributed by atoms with E-state index in [0.29, 0.717) is 10.8 Å². The van der Waals surface area contributed by atoms with Crippen LogP contribution in [0.25, 0.3) is 10.8 Å². The van der Waals surface area contributed by atoms with Gasteiger partial charge in [0.1, 0.15) is 5.75 Å². The lowest BCUT2D eigenvalue weighted by molar-refractivity contribution is -0.123. The number of ether oxygens (including phenoxy) is 1. The highest BCUT2D eigenvalue weighted by Crippen LogP contribution is 2.31. The van der Waals surface area contributed by atoms with Crippen LogP contribution in [0.2, 0.25) is 5.02 Å². The Morgan fingerprint density at radius 2 is 1.96 bits per heavy atom. The summed E-state index contributed by atoms with van der Waals surface area (Å²) in [4.78, 5) is 14.7. The van der Waals surface area contributed by atoms with E-state index in [-0.39, 0.29) is 18.6 Å². The van der Waals surface area contributed by atoms with E-state index in [2.05, 4.69) is 10.2 Å². The molecule has 1 atom stereocenters. The molecule has 2 aromatic carbocycles. The van der Waals surface area contributed by atoms with Gasteiger partial charge in [-0.3, -0.25) is 9.69 Å². The normalized spacial score (nSPS) is 21.1. The van der Waals surface area contributed by atoms with Crippen LogP contribution >= 0.6 is 11.6 Å². The van der Waals surface area contributed by atoms with Crippen molar-refractivity contribution in [3.63, 3.8) is 0 Å². The van der Waals surface area contributed by atoms with E-state index < -0.39 is 0 Å². The fraction of sp³-hybridized carbons (Fsp3) is 0.421. The minimum Gasteiger partial charge on any atom is -0.483 e. The van der Waals surface area contributed by atoms with Gasteiger partial charge in [-0.1, -0.05) is 35.9 Å². The first-order valence-electron chi connectivity index (χ1n) is 8.54. The maximum Gasteiger partial charge on any atom is 0.258 e. The van der Waals surface area contributed by atoms with Crippen molar-refractivity contribution >= 4 is 28.3 Å². The van der Waals surface area contributed by atoms with Crippen molar-refractivity contribution in [2.75, 3.05) is 19.7 Å². The van der Waals surface area contributed by atoms with Crippen LogP contribution in [0, 0.1) is 0 Å². The largest absolute Gasteiger partial charge is 0.483 e. The SMILES string of the molecule is O=C(COc1ccc(Cl)c2ccccc12)N[C@@H]1CCN(C2CC2)C1. The summed E-state index contributed by atoms with van der Waals surface area (Å²) in [5, 5.41) is 5.65. The van der Waals surface area contributed by atoms with Gasteiger partial charge in [0, 0.05) is 41.0 Å². The lowest BCUT2D eigenvalue weighted by atomic mass is 10.1. The number of likely N-dealkylation sites (tertiary alicyclic amines) is 1. The van der Waals surface area contributed by atoms with E-state index in [4.69, 9.17) is 16.3 Å². The molecule has 1 saturated heterocycles. The smallest absolute Gasteiger partial charge is 0.258 e. The Labute approximate surface area is 146 Å². The zero-order valence-electron chi connectivity index (χ0n) is 13.5. The Balaban J connectivity index is 1.35. The fourth-order valence-electron chi connectivity index (χ4n) is 3.45. The topological polar surface area (TPSA) is 41.6 Å². The van der Waals surface area contributed by atoms with Crippen molar-refractivity contribution in [3.05, 3.63) is 41.4 Å². The van der Waals surface area contributed by atoms with Crippen molar-refractivity contribution in [1.29, 1.82) is 0 Å². The molecule has 0 unspecified atom stereocenters. The predicted molar refractivity (Wildman–Crippen MR) is 95.6 cm³/mol. The van der Waals surface area contributed by atoms with Crippen LogP contribution in [0.4, 0.5) is 0 Å². The molecule has 1 amide bonds. The Morgan fingerprint density at radius 3 is 2.75 bits per heavy atom. The Bertz CT molecular complexity index is 760. The van der Waals surface area contributed by atoms with Crippen LogP contribution in [0.3, 0.4) is 0 Å². The molecular formula is C19H21ClN2O2. The van der Waals surface area contributed by atoms with Crippen molar-refractivity contribution in [1.82, 2.24) is 10.2 Å². The van der Waals surface area contributed by atoms with E-state index in [1.807, 2.05) is 36.4 Å². The average Bonchev–Trinajstić information content (AvgIpc) is 3.35. The molecule has 2 fully saturated rings. The molecule has 1 N–H and O–H groups in total. The molecule has 4 rings (SSSR count). The van der Waals surface area contributed by atoms with Crippen molar-refractivity contribution in [2.45, 2.75) is 31.3 Å². The second-order valence-corrected chi connectivity index (χ2v) is 7.07. The quantitative estimate of drug-likeness (QED) is 0.905. The van der Waals surface area contributed by atoms with E-state index >= 15 is 0 Å². The Kier molecular flexibility index (Phi) is 4.33. The lowest BCUT2D eigenvalue weighted by Crippen LogP contribution is -2.39. The molecule has 0 radical (unpaired) electrons. The van der Waals surface area contributed by atoms with Crippen molar-refractivity contribution in [2.24, 2.45) is 0 Å². The van der Waals surface area contributed by atoms with Gasteiger partial charge in [0.25, 0.3) is 5.91 Å². The van der Waals surface area contributed by atoms with Gasteiger partial charge < -0.3 is 10.1 Å². The predicted octanol–water partition coefficient (Wildman–Crippen LogP) is 3.22. The summed E-state index contributed by atoms with van der Waals surface area (Å²) >= 11 is 6.21. The van der Waals surface area contributed by atoms with Crippen LogP contribution in [-0.2, 0) is 4.79 Å². The summed E-state index contributed by atoms with van der Waals surface area (Å²) in [5.74, 6) is 0.632. The number of benzene rings is 2. The van der Waals surface area contributed by atoms with Crippen LogP contribution in [0.1, 0.15) is 19.3 Å². The van der Waals surface area contributed by atoms with Crippen LogP contribution in [0.15, 0.2) is 36.4 Å². The fourth-order valence-corrected chi connectivity index (χ4v) is 3.68. The zero-order valence-corrected chi connectivity index (χ0v) is 14.3. The van der Waals surface area contributed by atoms with Gasteiger partial charge in [0.05, 0.1) is 0 Å². The zero-order chi connectivity index (χ0) is 16.5. The molecular weight excluding hydrogens is 324 g/mol. The lowest BCUT2D eigenvalue weighted by Gasteiger charge is -2.16. The highest BCUT2D eigenvalue weighted by atomic mass is 35.5. The summed E-state index contributed by atoms with van der Waals surface area (Å²) in [5.41, 5.74) is 0. The number of carbonyl (C=O) groups excluding carboxylic acids is 1. The van der Waals surface area contributed by atoms with Gasteiger partial charge in [0.2, 0.25) is 0 Å². The first kappa shape index (κ1) is 15.7. The minimum absolute atomic E-state index is 0.0333. The maximum atomic E-state index is 12.2. The summed E-state index contributed by atoms with van der Waals surface area (Å²) in [6.07, 6.45) is 3.66. The van der Waals surface area contributed by atoms with Crippen LogP contribution < -0.4 is 10.1 Å². The highest BCUT2D eigenvalue weighted by Gasteiger charge is 2.34. The van der Waals surface area contributed by atoms with Crippen molar-refractivity contribution < 1.29 is 9.53 Å². The van der Waals surface area contributed by atoms with E-state index in [0.717, 1.165) is 36.3 Å². The number of halogens is 1. The molecule has 0 aromatic heterocycles. The molecule has 1 saturated carbocycles. The highest BCUT2D eigenvalue weighted by molar-refractivity contribution is 6.35. The van der Waals surface area contributed by atoms with E-state index in [1.54, 1.807) is 0 Å². The Morgan fingerprint density at radius 1 is 1.17 bits per heavy atom. The van der Waals surface area contributed by atoms with Crippen LogP contribution in [-0.4, -0.2) is 42.6 Å². The summed E-state index contributed by atoms with van der Waals surface area (Å²) in [6, 6.07) is 12.4. The second-order valence-electron chi connectivity index (χ2n) is 6.66. The number of nitrogens with zero attached hydrogens (tertiary/aromatic N) is 1. The molecule has 2 aromatic rings. The number of rotatable bonds is 5. The molecule has 0 bridgehead atoms. The van der Waals surface area contributed by atoms with Gasteiger partial charge in [-0.25, -0.2) is 0 Å². The molecule has 0 spiro atoms. The molecule has 4 nitrogen and oxygen atoms in total. The second kappa shape index (κ2) is 6.61. The standard InChI is InChI=1S/C19H21ClN2O2/c20-17-7-8-18(16-4-2-1-3-15(16)17)24-12-19(23)21-13-9-10-22(11-13)14-5-6-14/h1-4,7-8,13-14H,5-6,9-12H2,(H,21,23)/t13-/m1/s1. The summed E-state index contributed by atoms with van der Waals surface area (Å²) in [7, 11) is 0. The Hall–Kier alpha value is -1.78. The monoisotopic (exact) mass is 344 g/mol. The van der Waals surface area contributed by atoms with Gasteiger partial charge in [-0.05, 0) is 31.4 Å². The third-order valence-electron chi connectivity index (χ3n) is 4.84. The van der Waals surface area contributed by atoms with E-state index in [9.17, 15) is 4.79 Å². The summed E-state index contributed by atoms with van der Waals surface area (Å²) < 4.78 is 5.75. The first-order chi connectivity index (χ1) is 11.7. The van der Waals surface area contributed by atoms with E-state index in [1.165, 1.54) is 12.8 Å². The van der Waals surface area contributed by atoms with Crippen LogP contribution in [0.5, 0.6) is 5.75 Å². The number of carbonyl (C=O) groups is 1. The third kappa shape index (κ3) is 3.35. The number of fused-ring (bicyclic) bond motifs is 1. The number of nitrogens with one attached hydrogen (secondary N) is 1. The maximum absolute atomic E-state index is 12.2. The molecule has 1 aliphatic heterocycles. The van der Waals surface area contributed by atoms with Gasteiger partial charge in [0.15, 0.2) is 6.61 Å². The number of hydrogen-bond acceptors (Lipinski definition) is 3. The summed E-state index contributed by atoms with van der Waals surface area (Å²) in [6.45, 7) is 2.10.